The van der Waals surface area contributed by atoms with Crippen LogP contribution in [0.3, 0.4) is 0 Å². The van der Waals surface area contributed by atoms with Crippen LogP contribution in [0.5, 0.6) is 5.75 Å². The molecule has 690 valence electrons. The summed E-state index contributed by atoms with van der Waals surface area (Å²) >= 11 is 1.41. The van der Waals surface area contributed by atoms with Crippen LogP contribution >= 0.6 is 11.3 Å². The maximum absolute atomic E-state index is 13.1. The summed E-state index contributed by atoms with van der Waals surface area (Å²) < 4.78 is 17.0. The number of rotatable bonds is 8. The van der Waals surface area contributed by atoms with Gasteiger partial charge in [0.2, 0.25) is 23.8 Å². The Labute approximate surface area is 789 Å². The zero-order valence-corrected chi connectivity index (χ0v) is 75.5. The van der Waals surface area contributed by atoms with Crippen molar-refractivity contribution in [2.24, 2.45) is 0 Å². The van der Waals surface area contributed by atoms with Gasteiger partial charge >= 0.3 is 0 Å². The number of amides is 6. The maximum atomic E-state index is 13.1. The number of nitrogens with zero attached hydrogens (tertiary/aromatic N) is 19. The van der Waals surface area contributed by atoms with Gasteiger partial charge in [0.1, 0.15) is 16.5 Å². The molecule has 6 amide bonds. The largest absolute Gasteiger partial charge is 0.508 e. The Kier molecular flexibility index (Phi) is 26.1. The minimum atomic E-state index is -0.364. The van der Waals surface area contributed by atoms with Gasteiger partial charge in [-0.05, 0) is 188 Å². The molecule has 7 N–H and O–H groups in total. The van der Waals surface area contributed by atoms with E-state index in [0.717, 1.165) is 121 Å². The molecule has 0 atom stereocenters. The van der Waals surface area contributed by atoms with Crippen molar-refractivity contribution in [3.8, 4) is 50.1 Å². The number of imidazole rings is 3. The third-order valence-corrected chi connectivity index (χ3v) is 24.5. The van der Waals surface area contributed by atoms with Crippen molar-refractivity contribution in [2.45, 2.75) is 90.3 Å². The fraction of sp³-hybridized carbons (Fsp3) is 0.188. The molecule has 0 saturated carbocycles. The van der Waals surface area contributed by atoms with Crippen molar-refractivity contribution in [1.29, 1.82) is 0 Å². The van der Waals surface area contributed by atoms with Gasteiger partial charge in [-0.1, -0.05) is 73.2 Å². The van der Waals surface area contributed by atoms with Gasteiger partial charge in [0.05, 0.1) is 107 Å². The molecule has 16 bridgehead atoms. The Morgan fingerprint density at radius 3 is 1.95 bits per heavy atom. The number of likely N-dealkylation sites (N-methyl/N-ethyl adjacent to an activating group) is 1. The first-order valence-corrected chi connectivity index (χ1v) is 45.6. The van der Waals surface area contributed by atoms with Gasteiger partial charge in [-0.3, -0.25) is 78.4 Å². The number of carbonyl (C=O) groups excluding carboxylic acids is 6. The molecule has 37 heteroatoms. The van der Waals surface area contributed by atoms with Crippen LogP contribution < -0.4 is 43.3 Å². The Morgan fingerprint density at radius 2 is 1.22 bits per heavy atom. The Balaban J connectivity index is 0.000000118. The van der Waals surface area contributed by atoms with E-state index >= 15 is 0 Å². The highest BCUT2D eigenvalue weighted by atomic mass is 32.1. The highest BCUT2D eigenvalue weighted by molar-refractivity contribution is 7.13. The number of H-pyrrole nitrogens is 1. The van der Waals surface area contributed by atoms with E-state index in [9.17, 15) is 48.3 Å². The molecule has 4 aliphatic rings. The Hall–Kier alpha value is -17.5. The molecule has 138 heavy (non-hydrogen) atoms. The van der Waals surface area contributed by atoms with Crippen molar-refractivity contribution in [3.05, 3.63) is 354 Å². The van der Waals surface area contributed by atoms with Crippen molar-refractivity contribution in [3.63, 3.8) is 0 Å². The lowest BCUT2D eigenvalue weighted by atomic mass is 10.1. The number of aryl methyl sites for hydroxylation is 3. The fourth-order valence-corrected chi connectivity index (χ4v) is 17.2. The number of phenolic OH excluding ortho intramolecular Hbond substituents is 1. The predicted octanol–water partition coefficient (Wildman–Crippen LogP) is 13.0. The van der Waals surface area contributed by atoms with Gasteiger partial charge < -0.3 is 39.5 Å². The lowest BCUT2D eigenvalue weighted by molar-refractivity contribution is -0.127. The highest BCUT2D eigenvalue weighted by Gasteiger charge is 2.28. The smallest absolute Gasteiger partial charge is 0.275 e. The molecule has 15 heterocycles. The van der Waals surface area contributed by atoms with E-state index in [4.69, 9.17) is 4.74 Å². The number of thiazole rings is 1. The fourth-order valence-electron chi connectivity index (χ4n) is 16.4. The number of aromatic hydroxyl groups is 1. The van der Waals surface area contributed by atoms with Crippen molar-refractivity contribution >= 4 is 103 Å². The molecule has 22 rings (SSSR count). The van der Waals surface area contributed by atoms with Crippen LogP contribution in [0.15, 0.2) is 275 Å². The third-order valence-electron chi connectivity index (χ3n) is 23.7. The number of benzene rings is 7. The predicted molar refractivity (Wildman–Crippen MR) is 519 cm³/mol. The van der Waals surface area contributed by atoms with E-state index in [-0.39, 0.29) is 102 Å². The topological polar surface area (TPSA) is 439 Å². The molecule has 0 aliphatic carbocycles. The number of aromatic nitrogens is 19. The van der Waals surface area contributed by atoms with Gasteiger partial charge in [0.25, 0.3) is 46.2 Å². The lowest BCUT2D eigenvalue weighted by Crippen LogP contribution is -2.27. The number of para-hydroxylation sites is 4. The summed E-state index contributed by atoms with van der Waals surface area (Å²) in [6.45, 7) is 3.94. The summed E-state index contributed by atoms with van der Waals surface area (Å²) in [5.74, 6) is -0.311. The minimum absolute atomic E-state index is 0.00135. The van der Waals surface area contributed by atoms with Crippen molar-refractivity contribution in [1.82, 2.24) is 103 Å². The van der Waals surface area contributed by atoms with Crippen molar-refractivity contribution in [2.75, 3.05) is 55.1 Å². The minimum Gasteiger partial charge on any atom is -0.508 e. The lowest BCUT2D eigenvalue weighted by Gasteiger charge is -2.22. The number of hydrogen-bond acceptors (Lipinski definition) is 23. The van der Waals surface area contributed by atoms with E-state index in [1.807, 2.05) is 135 Å². The zero-order valence-electron chi connectivity index (χ0n) is 74.7. The molecular formula is C101H89N25O11S. The van der Waals surface area contributed by atoms with Gasteiger partial charge in [0, 0.05) is 145 Å². The van der Waals surface area contributed by atoms with E-state index in [2.05, 4.69) is 87.0 Å². The van der Waals surface area contributed by atoms with E-state index in [0.29, 0.717) is 107 Å². The first kappa shape index (κ1) is 89.7. The maximum Gasteiger partial charge on any atom is 0.275 e. The number of phenols is 1. The number of aromatic amines is 1. The van der Waals surface area contributed by atoms with Crippen molar-refractivity contribution < 1.29 is 38.6 Å². The second-order valence-corrected chi connectivity index (χ2v) is 34.3. The normalized spacial score (nSPS) is 13.8. The molecule has 1 saturated heterocycles. The monoisotopic (exact) mass is 1860 g/mol. The second-order valence-electron chi connectivity index (χ2n) is 33.5. The molecule has 36 nitrogen and oxygen atoms in total. The van der Waals surface area contributed by atoms with E-state index in [1.165, 1.54) is 43.6 Å². The summed E-state index contributed by atoms with van der Waals surface area (Å²) in [5.41, 5.74) is 16.3. The Bertz CT molecular complexity index is 7890. The first-order valence-electron chi connectivity index (χ1n) is 44.7. The molecular weight excluding hydrogens is 1770 g/mol. The SMILES string of the molecule is CN(C)C(=O)Cc1ccc2nc(NC(=O)c3cccc(Cn4nc(-c5cccnc5)ccc4=O)c3)[nH]c2c1.O=C1Nc2cn(C3CCOCC3)nc2C(=O)NCCCCCc2cc(ccn2)-c2nc1cs2.O=C1Nc2nc3ccccc3n2CCn2cc(cn2)-c2ccc(=O)n(n2)Cc2cccc1c2.O=C1Nc2nc3ccccc3n2Cc2cc(ccc2O)-c2ccc(=O)n(n2)Cc2cccc1c2. The quantitative estimate of drug-likeness (QED) is 0.0743. The Morgan fingerprint density at radius 1 is 0.536 bits per heavy atom. The average Bonchev–Trinajstić information content (AvgIpc) is 1.61. The molecule has 0 spiro atoms. The first-order chi connectivity index (χ1) is 67.2. The van der Waals surface area contributed by atoms with Crippen LogP contribution in [-0.4, -0.2) is 172 Å². The van der Waals surface area contributed by atoms with Gasteiger partial charge in [-0.15, -0.1) is 11.3 Å². The zero-order chi connectivity index (χ0) is 94.9. The molecule has 1 fully saturated rings. The van der Waals surface area contributed by atoms with E-state index in [1.54, 1.807) is 145 Å². The van der Waals surface area contributed by atoms with Gasteiger partial charge in [-0.2, -0.15) is 25.5 Å². The average molecular weight is 1860 g/mol. The molecule has 4 aliphatic heterocycles. The van der Waals surface area contributed by atoms with Crippen LogP contribution in [0, 0.1) is 0 Å². The van der Waals surface area contributed by atoms with Gasteiger partial charge in [-0.25, -0.2) is 34.0 Å². The van der Waals surface area contributed by atoms with Crippen LogP contribution in [-0.2, 0) is 61.6 Å². The number of fused-ring (bicyclic) bond motifs is 27. The van der Waals surface area contributed by atoms with Crippen LogP contribution in [0.4, 0.5) is 23.5 Å². The van der Waals surface area contributed by atoms with Crippen LogP contribution in [0.25, 0.3) is 77.4 Å². The number of nitrogens with one attached hydrogen (secondary N) is 6. The number of hydrogen-bond donors (Lipinski definition) is 7. The molecule has 0 radical (unpaired) electrons. The molecule has 0 unspecified atom stereocenters. The number of carbonyl (C=O) groups is 6. The molecule has 7 aromatic carbocycles. The summed E-state index contributed by atoms with van der Waals surface area (Å²) in [7, 11) is 3.43. The van der Waals surface area contributed by atoms with Gasteiger partial charge in [0.15, 0.2) is 5.69 Å². The number of ether oxygens (including phenoxy) is 1. The molecule has 11 aromatic heterocycles. The summed E-state index contributed by atoms with van der Waals surface area (Å²) in [6.07, 6.45) is 16.1. The van der Waals surface area contributed by atoms with Crippen LogP contribution in [0.2, 0.25) is 0 Å². The van der Waals surface area contributed by atoms with Crippen LogP contribution in [0.1, 0.15) is 124 Å². The number of anilines is 4. The number of pyridine rings is 2. The summed E-state index contributed by atoms with van der Waals surface area (Å²) in [4.78, 5) is 146. The second kappa shape index (κ2) is 40.1. The summed E-state index contributed by atoms with van der Waals surface area (Å²) in [5, 5.41) is 50.2. The third kappa shape index (κ3) is 20.7. The standard InChI is InChI=1S/C28H25N7O3.C26H19N5O3.C24H19N7O2.C23H26N6O3S/c1-34(2)26(37)15-18-8-9-23-24(14-18)31-28(30-23)32-27(38)20-6-3-5-19(13-20)17-35-25(36)11-10-22(33-35)21-7-4-12-29-16-21;32-23-10-8-17-13-19(23)15-30-22-7-2-1-6-21(22)27-26(30)28-25(34)18-5-3-4-16(12-18)14-31-24(33)11-9-20(17)29-31;32-22-9-8-19-18-13-25-29(15-18)10-11-30-21-7-2-1-6-20(21)26-24(30)27-23(33)17-5-3-4-16(12-17)14-31(22)28-19;30-21-19-14-33-23(27-19)15-5-9-24-16(12-15)4-2-1-3-8-25-22(31)20-18(26-21)13-29(28-20)17-6-10-32-11-7-17/h3-14,16H,15,17H2,1-2H3,(H2,30,31,32,38);1-13,32H,14-15H2,(H,27,28,34);1-9,12-13,15H,10-11,14H2,(H,26,27,33);5,9,12-14,17H,1-4,6-8,10-11H2,(H,25,31)(H,26,30). The van der Waals surface area contributed by atoms with E-state index < -0.39 is 0 Å². The molecule has 18 aromatic rings. The summed E-state index contributed by atoms with van der Waals surface area (Å²) in [6, 6.07) is 64.6. The highest BCUT2D eigenvalue weighted by Crippen LogP contribution is 2.33.